The Labute approximate surface area is 127 Å². The summed E-state index contributed by atoms with van der Waals surface area (Å²) in [6.07, 6.45) is 0. The van der Waals surface area contributed by atoms with E-state index in [-0.39, 0.29) is 16.1 Å². The van der Waals surface area contributed by atoms with Gasteiger partial charge in [0.2, 0.25) is 0 Å². The highest BCUT2D eigenvalue weighted by atomic mass is 32.2. The van der Waals surface area contributed by atoms with E-state index >= 15 is 0 Å². The molecule has 0 unspecified atom stereocenters. The van der Waals surface area contributed by atoms with E-state index in [9.17, 15) is 22.7 Å². The molecule has 0 amide bonds. The first-order chi connectivity index (χ1) is 10.2. The van der Waals surface area contributed by atoms with E-state index in [0.29, 0.717) is 11.1 Å². The Bertz CT molecular complexity index is 829. The molecule has 0 saturated heterocycles. The summed E-state index contributed by atoms with van der Waals surface area (Å²) in [5, 5.41) is 11.0. The average Bonchev–Trinajstić information content (AvgIpc) is 2.43. The summed E-state index contributed by atoms with van der Waals surface area (Å²) in [5.74, 6) is -1.95. The molecule has 0 heterocycles. The molecule has 0 aliphatic rings. The lowest BCUT2D eigenvalue weighted by molar-refractivity contribution is -0.255. The number of nitrogens with one attached hydrogen (secondary N) is 1. The third-order valence-electron chi connectivity index (χ3n) is 3.24. The molecule has 116 valence electrons. The molecular weight excluding hydrogens is 309 g/mol. The van der Waals surface area contributed by atoms with Gasteiger partial charge >= 0.3 is 0 Å². The predicted molar refractivity (Wildman–Crippen MR) is 77.5 cm³/mol. The molecule has 0 bridgehead atoms. The molecule has 0 atom stereocenters. The molecule has 0 aliphatic carbocycles. The van der Waals surface area contributed by atoms with Crippen LogP contribution in [-0.2, 0) is 10.0 Å². The number of hydrogen-bond donors (Lipinski definition) is 1. The van der Waals surface area contributed by atoms with Gasteiger partial charge in [-0.3, -0.25) is 4.72 Å². The van der Waals surface area contributed by atoms with Gasteiger partial charge in [-0.2, -0.15) is 0 Å². The van der Waals surface area contributed by atoms with Crippen molar-refractivity contribution in [3.63, 3.8) is 0 Å². The van der Waals surface area contributed by atoms with E-state index in [2.05, 4.69) is 4.72 Å². The van der Waals surface area contributed by atoms with Crippen LogP contribution in [0.5, 0.6) is 0 Å². The fourth-order valence-electron chi connectivity index (χ4n) is 1.95. The summed E-state index contributed by atoms with van der Waals surface area (Å²) < 4.78 is 40.0. The van der Waals surface area contributed by atoms with Gasteiger partial charge in [0, 0.05) is 5.69 Å². The van der Waals surface area contributed by atoms with Crippen LogP contribution < -0.4 is 9.83 Å². The predicted octanol–water partition coefficient (Wildman–Crippen LogP) is 1.61. The monoisotopic (exact) mass is 322 g/mol. The van der Waals surface area contributed by atoms with Crippen LogP contribution in [0, 0.1) is 19.7 Å². The minimum Gasteiger partial charge on any atom is -0.545 e. The van der Waals surface area contributed by atoms with Gasteiger partial charge in [-0.1, -0.05) is 0 Å². The molecule has 22 heavy (non-hydrogen) atoms. The smallest absolute Gasteiger partial charge is 0.262 e. The standard InChI is InChI=1S/C15H14FNO4S/c1-9-7-11(15(18)19)8-14(10(9)2)22(20,21)17-13-5-3-12(16)4-6-13/h3-8,17H,1-2H3,(H,18,19)/p-1. The van der Waals surface area contributed by atoms with Crippen LogP contribution in [0.1, 0.15) is 21.5 Å². The van der Waals surface area contributed by atoms with Crippen molar-refractivity contribution in [2.75, 3.05) is 4.72 Å². The van der Waals surface area contributed by atoms with E-state index in [0.717, 1.165) is 18.2 Å². The van der Waals surface area contributed by atoms with Crippen LogP contribution in [0.15, 0.2) is 41.3 Å². The molecule has 2 rings (SSSR count). The van der Waals surface area contributed by atoms with Crippen molar-refractivity contribution in [3.8, 4) is 0 Å². The van der Waals surface area contributed by atoms with E-state index in [1.807, 2.05) is 0 Å². The minimum atomic E-state index is -4.00. The molecular formula is C15H13FNO4S-. The molecule has 0 aliphatic heterocycles. The molecule has 1 N–H and O–H groups in total. The summed E-state index contributed by atoms with van der Waals surface area (Å²) in [7, 11) is -4.00. The second kappa shape index (κ2) is 5.76. The lowest BCUT2D eigenvalue weighted by Crippen LogP contribution is -2.23. The van der Waals surface area contributed by atoms with Crippen molar-refractivity contribution < 1.29 is 22.7 Å². The van der Waals surface area contributed by atoms with Crippen molar-refractivity contribution in [1.82, 2.24) is 0 Å². The second-order valence-corrected chi connectivity index (χ2v) is 6.47. The molecule has 5 nitrogen and oxygen atoms in total. The maximum Gasteiger partial charge on any atom is 0.262 e. The van der Waals surface area contributed by atoms with Gasteiger partial charge in [-0.05, 0) is 66.9 Å². The maximum absolute atomic E-state index is 12.9. The molecule has 0 aromatic heterocycles. The van der Waals surface area contributed by atoms with Crippen molar-refractivity contribution >= 4 is 21.7 Å². The van der Waals surface area contributed by atoms with Gasteiger partial charge in [0.25, 0.3) is 10.0 Å². The van der Waals surface area contributed by atoms with Crippen LogP contribution in [0.3, 0.4) is 0 Å². The largest absolute Gasteiger partial charge is 0.545 e. The third-order valence-corrected chi connectivity index (χ3v) is 4.75. The summed E-state index contributed by atoms with van der Waals surface area (Å²) in [6.45, 7) is 3.19. The Morgan fingerprint density at radius 3 is 2.27 bits per heavy atom. The Morgan fingerprint density at radius 1 is 1.14 bits per heavy atom. The number of carboxylic acid groups (broad SMARTS) is 1. The van der Waals surface area contributed by atoms with Crippen molar-refractivity contribution in [2.24, 2.45) is 0 Å². The number of sulfonamides is 1. The zero-order valence-corrected chi connectivity index (χ0v) is 12.7. The Balaban J connectivity index is 2.49. The zero-order chi connectivity index (χ0) is 16.5. The number of carboxylic acids is 1. The maximum atomic E-state index is 12.9. The summed E-state index contributed by atoms with van der Waals surface area (Å²) in [5.41, 5.74) is 0.903. The first-order valence-corrected chi connectivity index (χ1v) is 7.80. The number of benzene rings is 2. The van der Waals surface area contributed by atoms with Gasteiger partial charge in [0.05, 0.1) is 10.9 Å². The number of carbonyl (C=O) groups excluding carboxylic acids is 1. The van der Waals surface area contributed by atoms with Crippen LogP contribution in [0.25, 0.3) is 0 Å². The Hall–Kier alpha value is -2.41. The number of hydrogen-bond acceptors (Lipinski definition) is 4. The van der Waals surface area contributed by atoms with E-state index in [4.69, 9.17) is 0 Å². The van der Waals surface area contributed by atoms with Gasteiger partial charge in [-0.25, -0.2) is 12.8 Å². The lowest BCUT2D eigenvalue weighted by Gasteiger charge is -2.14. The van der Waals surface area contributed by atoms with Crippen LogP contribution in [0.4, 0.5) is 10.1 Å². The zero-order valence-electron chi connectivity index (χ0n) is 11.9. The topological polar surface area (TPSA) is 86.3 Å². The summed E-state index contributed by atoms with van der Waals surface area (Å²) in [4.78, 5) is 10.8. The molecule has 2 aromatic carbocycles. The molecule has 7 heteroatoms. The first-order valence-electron chi connectivity index (χ1n) is 6.31. The highest BCUT2D eigenvalue weighted by Crippen LogP contribution is 2.23. The van der Waals surface area contributed by atoms with Gasteiger partial charge in [0.1, 0.15) is 5.82 Å². The molecule has 0 fully saturated rings. The second-order valence-electron chi connectivity index (χ2n) is 4.82. The third kappa shape index (κ3) is 3.25. The van der Waals surface area contributed by atoms with E-state index < -0.39 is 21.8 Å². The van der Waals surface area contributed by atoms with Crippen molar-refractivity contribution in [2.45, 2.75) is 18.7 Å². The number of halogens is 1. The van der Waals surface area contributed by atoms with Crippen LogP contribution >= 0.6 is 0 Å². The molecule has 2 aromatic rings. The SMILES string of the molecule is Cc1cc(C(=O)[O-])cc(S(=O)(=O)Nc2ccc(F)cc2)c1C. The fourth-order valence-corrected chi connectivity index (χ4v) is 3.35. The lowest BCUT2D eigenvalue weighted by atomic mass is 10.1. The Kier molecular flexibility index (Phi) is 4.18. The number of aryl methyl sites for hydroxylation is 1. The number of rotatable bonds is 4. The van der Waals surface area contributed by atoms with Crippen LogP contribution in [-0.4, -0.2) is 14.4 Å². The van der Waals surface area contributed by atoms with E-state index in [1.54, 1.807) is 13.8 Å². The Morgan fingerprint density at radius 2 is 1.73 bits per heavy atom. The van der Waals surface area contributed by atoms with Gasteiger partial charge < -0.3 is 9.90 Å². The van der Waals surface area contributed by atoms with Crippen LogP contribution in [0.2, 0.25) is 0 Å². The molecule has 0 radical (unpaired) electrons. The molecule has 0 saturated carbocycles. The van der Waals surface area contributed by atoms with Crippen molar-refractivity contribution in [1.29, 1.82) is 0 Å². The normalized spacial score (nSPS) is 11.2. The highest BCUT2D eigenvalue weighted by Gasteiger charge is 2.19. The summed E-state index contributed by atoms with van der Waals surface area (Å²) in [6, 6.07) is 7.18. The number of anilines is 1. The first kappa shape index (κ1) is 16.0. The van der Waals surface area contributed by atoms with Crippen molar-refractivity contribution in [3.05, 3.63) is 58.9 Å². The average molecular weight is 322 g/mol. The van der Waals surface area contributed by atoms with Gasteiger partial charge in [-0.15, -0.1) is 0 Å². The fraction of sp³-hybridized carbons (Fsp3) is 0.133. The minimum absolute atomic E-state index is 0.156. The highest BCUT2D eigenvalue weighted by molar-refractivity contribution is 7.92. The summed E-state index contributed by atoms with van der Waals surface area (Å²) >= 11 is 0. The molecule has 0 spiro atoms. The van der Waals surface area contributed by atoms with E-state index in [1.165, 1.54) is 18.2 Å². The number of carbonyl (C=O) groups is 1. The quantitative estimate of drug-likeness (QED) is 0.926. The van der Waals surface area contributed by atoms with Gasteiger partial charge in [0.15, 0.2) is 0 Å². The number of aromatic carboxylic acids is 1.